The predicted molar refractivity (Wildman–Crippen MR) is 113 cm³/mol. The van der Waals surface area contributed by atoms with Gasteiger partial charge in [0.25, 0.3) is 5.91 Å². The molecule has 0 saturated carbocycles. The summed E-state index contributed by atoms with van der Waals surface area (Å²) in [6.07, 6.45) is 4.20. The van der Waals surface area contributed by atoms with E-state index in [-0.39, 0.29) is 12.0 Å². The molecule has 0 bridgehead atoms. The van der Waals surface area contributed by atoms with Gasteiger partial charge in [0.1, 0.15) is 0 Å². The highest BCUT2D eigenvalue weighted by Crippen LogP contribution is 2.14. The first-order valence-electron chi connectivity index (χ1n) is 10.4. The van der Waals surface area contributed by atoms with Crippen LogP contribution in [0.1, 0.15) is 60.2 Å². The molecule has 1 saturated heterocycles. The molecule has 0 spiro atoms. The van der Waals surface area contributed by atoms with E-state index in [1.807, 2.05) is 38.1 Å². The molecule has 0 aliphatic carbocycles. The first-order chi connectivity index (χ1) is 13.6. The molecule has 1 heterocycles. The average Bonchev–Trinajstić information content (AvgIpc) is 2.72. The second-order valence-corrected chi connectivity index (χ2v) is 7.89. The summed E-state index contributed by atoms with van der Waals surface area (Å²) >= 11 is 0. The third-order valence-corrected chi connectivity index (χ3v) is 5.13. The molecule has 0 atom stereocenters. The van der Waals surface area contributed by atoms with Crippen LogP contribution < -0.4 is 5.32 Å². The van der Waals surface area contributed by atoms with Gasteiger partial charge in [-0.1, -0.05) is 42.8 Å². The lowest BCUT2D eigenvalue weighted by Crippen LogP contribution is -2.29. The van der Waals surface area contributed by atoms with Gasteiger partial charge in [0.05, 0.1) is 12.7 Å². The smallest absolute Gasteiger partial charge is 0.251 e. The van der Waals surface area contributed by atoms with Crippen LogP contribution in [0.15, 0.2) is 48.5 Å². The fourth-order valence-corrected chi connectivity index (χ4v) is 3.44. The monoisotopic (exact) mass is 380 g/mol. The zero-order valence-electron chi connectivity index (χ0n) is 17.1. The topological polar surface area (TPSA) is 41.6 Å². The number of ether oxygens (including phenoxy) is 1. The lowest BCUT2D eigenvalue weighted by molar-refractivity contribution is 0.0657. The number of hydrogen-bond acceptors (Lipinski definition) is 3. The van der Waals surface area contributed by atoms with Gasteiger partial charge >= 0.3 is 0 Å². The zero-order chi connectivity index (χ0) is 19.8. The Balaban J connectivity index is 1.46. The van der Waals surface area contributed by atoms with E-state index in [2.05, 4.69) is 34.5 Å². The fourth-order valence-electron chi connectivity index (χ4n) is 3.44. The lowest BCUT2D eigenvalue weighted by Gasteiger charge is -2.26. The summed E-state index contributed by atoms with van der Waals surface area (Å²) in [6, 6.07) is 16.2. The van der Waals surface area contributed by atoms with Crippen molar-refractivity contribution in [1.82, 2.24) is 10.2 Å². The molecule has 28 heavy (non-hydrogen) atoms. The second-order valence-electron chi connectivity index (χ2n) is 7.89. The van der Waals surface area contributed by atoms with E-state index in [0.29, 0.717) is 18.7 Å². The maximum absolute atomic E-state index is 12.4. The molecule has 2 aromatic rings. The van der Waals surface area contributed by atoms with Crippen molar-refractivity contribution >= 4 is 5.91 Å². The highest BCUT2D eigenvalue weighted by Gasteiger charge is 2.10. The number of benzene rings is 2. The Bertz CT molecular complexity index is 732. The number of amides is 1. The zero-order valence-corrected chi connectivity index (χ0v) is 17.1. The van der Waals surface area contributed by atoms with E-state index in [4.69, 9.17) is 4.74 Å². The molecule has 4 nitrogen and oxygen atoms in total. The SMILES string of the molecule is CC(C)OCc1ccc(C(=O)NCc2ccc(CN3CCCCC3)cc2)cc1. The molecule has 1 fully saturated rings. The van der Waals surface area contributed by atoms with Crippen LogP contribution in [0.2, 0.25) is 0 Å². The average molecular weight is 381 g/mol. The Kier molecular flexibility index (Phi) is 7.63. The van der Waals surface area contributed by atoms with Gasteiger partial charge in [-0.05, 0) is 68.6 Å². The lowest BCUT2D eigenvalue weighted by atomic mass is 10.1. The van der Waals surface area contributed by atoms with Crippen molar-refractivity contribution in [3.05, 3.63) is 70.8 Å². The summed E-state index contributed by atoms with van der Waals surface area (Å²) in [5, 5.41) is 3.01. The van der Waals surface area contributed by atoms with E-state index in [0.717, 1.165) is 17.7 Å². The highest BCUT2D eigenvalue weighted by molar-refractivity contribution is 5.94. The van der Waals surface area contributed by atoms with Gasteiger partial charge in [-0.15, -0.1) is 0 Å². The Labute approximate surface area is 168 Å². The minimum atomic E-state index is -0.0475. The van der Waals surface area contributed by atoms with Gasteiger partial charge in [-0.3, -0.25) is 9.69 Å². The summed E-state index contributed by atoms with van der Waals surface area (Å²) in [6.45, 7) is 8.59. The molecular formula is C24H32N2O2. The number of hydrogen-bond donors (Lipinski definition) is 1. The van der Waals surface area contributed by atoms with Crippen molar-refractivity contribution in [2.24, 2.45) is 0 Å². The fraction of sp³-hybridized carbons (Fsp3) is 0.458. The minimum absolute atomic E-state index is 0.0475. The second kappa shape index (κ2) is 10.4. The molecule has 1 amide bonds. The summed E-state index contributed by atoms with van der Waals surface area (Å²) in [4.78, 5) is 14.9. The molecule has 1 aliphatic heterocycles. The van der Waals surface area contributed by atoms with Crippen molar-refractivity contribution in [3.63, 3.8) is 0 Å². The molecule has 1 aliphatic rings. The third kappa shape index (κ3) is 6.47. The third-order valence-electron chi connectivity index (χ3n) is 5.13. The van der Waals surface area contributed by atoms with E-state index in [9.17, 15) is 4.79 Å². The number of nitrogens with zero attached hydrogens (tertiary/aromatic N) is 1. The van der Waals surface area contributed by atoms with E-state index >= 15 is 0 Å². The van der Waals surface area contributed by atoms with Crippen LogP contribution in [0, 0.1) is 0 Å². The predicted octanol–water partition coefficient (Wildman–Crippen LogP) is 4.53. The van der Waals surface area contributed by atoms with Gasteiger partial charge in [-0.25, -0.2) is 0 Å². The van der Waals surface area contributed by atoms with Crippen LogP contribution in [0.3, 0.4) is 0 Å². The van der Waals surface area contributed by atoms with Crippen molar-refractivity contribution < 1.29 is 9.53 Å². The summed E-state index contributed by atoms with van der Waals surface area (Å²) < 4.78 is 5.59. The number of piperidine rings is 1. The van der Waals surface area contributed by atoms with Gasteiger partial charge in [0.2, 0.25) is 0 Å². The standard InChI is InChI=1S/C24H32N2O2/c1-19(2)28-18-22-10-12-23(13-11-22)24(27)25-16-20-6-8-21(9-7-20)17-26-14-4-3-5-15-26/h6-13,19H,3-5,14-18H2,1-2H3,(H,25,27). The van der Waals surface area contributed by atoms with Gasteiger partial charge < -0.3 is 10.1 Å². The summed E-state index contributed by atoms with van der Waals surface area (Å²) in [7, 11) is 0. The van der Waals surface area contributed by atoms with E-state index < -0.39 is 0 Å². The maximum Gasteiger partial charge on any atom is 0.251 e. The van der Waals surface area contributed by atoms with Gasteiger partial charge in [-0.2, -0.15) is 0 Å². The van der Waals surface area contributed by atoms with Gasteiger partial charge in [0, 0.05) is 18.7 Å². The summed E-state index contributed by atoms with van der Waals surface area (Å²) in [5.74, 6) is -0.0475. The first-order valence-corrected chi connectivity index (χ1v) is 10.4. The number of carbonyl (C=O) groups is 1. The van der Waals surface area contributed by atoms with Crippen LogP contribution in [-0.2, 0) is 24.4 Å². The maximum atomic E-state index is 12.4. The largest absolute Gasteiger partial charge is 0.374 e. The number of carbonyl (C=O) groups excluding carboxylic acids is 1. The molecular weight excluding hydrogens is 348 g/mol. The highest BCUT2D eigenvalue weighted by atomic mass is 16.5. The van der Waals surface area contributed by atoms with Crippen LogP contribution in [-0.4, -0.2) is 30.0 Å². The molecule has 150 valence electrons. The Morgan fingerprint density at radius 1 is 0.929 bits per heavy atom. The molecule has 0 aromatic heterocycles. The van der Waals surface area contributed by atoms with Crippen LogP contribution in [0.5, 0.6) is 0 Å². The normalized spacial score (nSPS) is 15.0. The quantitative estimate of drug-likeness (QED) is 0.732. The van der Waals surface area contributed by atoms with Crippen LogP contribution in [0.4, 0.5) is 0 Å². The van der Waals surface area contributed by atoms with Crippen molar-refractivity contribution in [1.29, 1.82) is 0 Å². The van der Waals surface area contributed by atoms with Crippen LogP contribution in [0.25, 0.3) is 0 Å². The molecule has 4 heteroatoms. The molecule has 1 N–H and O–H groups in total. The van der Waals surface area contributed by atoms with Gasteiger partial charge in [0.15, 0.2) is 0 Å². The first kappa shape index (κ1) is 20.6. The Morgan fingerprint density at radius 2 is 1.54 bits per heavy atom. The molecule has 2 aromatic carbocycles. The molecule has 0 radical (unpaired) electrons. The van der Waals surface area contributed by atoms with Crippen molar-refractivity contribution in [3.8, 4) is 0 Å². The Hall–Kier alpha value is -2.17. The van der Waals surface area contributed by atoms with E-state index in [1.165, 1.54) is 37.9 Å². The number of likely N-dealkylation sites (tertiary alicyclic amines) is 1. The number of rotatable bonds is 8. The van der Waals surface area contributed by atoms with E-state index in [1.54, 1.807) is 0 Å². The molecule has 0 unspecified atom stereocenters. The molecule has 3 rings (SSSR count). The van der Waals surface area contributed by atoms with Crippen molar-refractivity contribution in [2.75, 3.05) is 13.1 Å². The summed E-state index contributed by atoms with van der Waals surface area (Å²) in [5.41, 5.74) is 4.22. The minimum Gasteiger partial charge on any atom is -0.374 e. The van der Waals surface area contributed by atoms with Crippen molar-refractivity contribution in [2.45, 2.75) is 58.9 Å². The number of nitrogens with one attached hydrogen (secondary N) is 1. The van der Waals surface area contributed by atoms with Crippen LogP contribution >= 0.6 is 0 Å². The Morgan fingerprint density at radius 3 is 2.18 bits per heavy atom.